The lowest BCUT2D eigenvalue weighted by molar-refractivity contribution is 0.0942. The Labute approximate surface area is 116 Å². The predicted octanol–water partition coefficient (Wildman–Crippen LogP) is 3.46. The molecule has 2 nitrogen and oxygen atoms in total. The zero-order valence-corrected chi connectivity index (χ0v) is 12.6. The molecule has 2 rings (SSSR count). The van der Waals surface area contributed by atoms with Crippen molar-refractivity contribution in [2.24, 2.45) is 11.8 Å². The van der Waals surface area contributed by atoms with E-state index in [1.807, 2.05) is 18.2 Å². The molecule has 0 aromatic heterocycles. The number of ketones is 1. The first kappa shape index (κ1) is 14.3. The Morgan fingerprint density at radius 1 is 1.32 bits per heavy atom. The van der Waals surface area contributed by atoms with Gasteiger partial charge in [0.2, 0.25) is 0 Å². The van der Waals surface area contributed by atoms with Crippen LogP contribution in [0.15, 0.2) is 18.2 Å². The van der Waals surface area contributed by atoms with Crippen molar-refractivity contribution in [1.82, 2.24) is 4.90 Å². The van der Waals surface area contributed by atoms with Crippen molar-refractivity contribution < 1.29 is 4.79 Å². The summed E-state index contributed by atoms with van der Waals surface area (Å²) < 4.78 is 0. The third-order valence-corrected chi connectivity index (χ3v) is 4.45. The molecule has 19 heavy (non-hydrogen) atoms. The van der Waals surface area contributed by atoms with Crippen LogP contribution in [0.25, 0.3) is 0 Å². The van der Waals surface area contributed by atoms with Crippen LogP contribution in [0.3, 0.4) is 0 Å². The van der Waals surface area contributed by atoms with Crippen LogP contribution in [-0.2, 0) is 0 Å². The molecule has 1 aromatic rings. The van der Waals surface area contributed by atoms with Crippen molar-refractivity contribution in [3.63, 3.8) is 0 Å². The summed E-state index contributed by atoms with van der Waals surface area (Å²) in [5, 5.41) is 0. The number of carbonyl (C=O) groups is 1. The topological polar surface area (TPSA) is 20.3 Å². The van der Waals surface area contributed by atoms with Gasteiger partial charge in [-0.25, -0.2) is 0 Å². The van der Waals surface area contributed by atoms with Crippen LogP contribution in [0.1, 0.15) is 41.8 Å². The molecule has 0 radical (unpaired) electrons. The first-order chi connectivity index (χ1) is 8.97. The van der Waals surface area contributed by atoms with Crippen LogP contribution in [0.2, 0.25) is 0 Å². The highest BCUT2D eigenvalue weighted by Gasteiger charge is 2.26. The zero-order chi connectivity index (χ0) is 14.0. The Balaban J connectivity index is 1.96. The average Bonchev–Trinajstić information content (AvgIpc) is 2.81. The minimum Gasteiger partial charge on any atom is -0.296 e. The van der Waals surface area contributed by atoms with Gasteiger partial charge < -0.3 is 0 Å². The van der Waals surface area contributed by atoms with Gasteiger partial charge in [0, 0.05) is 12.1 Å². The summed E-state index contributed by atoms with van der Waals surface area (Å²) >= 11 is 0. The van der Waals surface area contributed by atoms with Crippen LogP contribution in [0.5, 0.6) is 0 Å². The van der Waals surface area contributed by atoms with Crippen molar-refractivity contribution >= 4 is 5.78 Å². The monoisotopic (exact) mass is 259 g/mol. The van der Waals surface area contributed by atoms with Gasteiger partial charge in [0.1, 0.15) is 0 Å². The highest BCUT2D eigenvalue weighted by molar-refractivity contribution is 5.97. The minimum atomic E-state index is 0.257. The highest BCUT2D eigenvalue weighted by atomic mass is 16.1. The summed E-state index contributed by atoms with van der Waals surface area (Å²) in [7, 11) is 0. The SMILES string of the molecule is Cc1ccc(C(=O)CN2CCC(C(C)C)C2)cc1C. The fourth-order valence-electron chi connectivity index (χ4n) is 2.76. The van der Waals surface area contributed by atoms with E-state index in [2.05, 4.69) is 32.6 Å². The summed E-state index contributed by atoms with van der Waals surface area (Å²) in [6.07, 6.45) is 1.23. The van der Waals surface area contributed by atoms with Gasteiger partial charge in [0.05, 0.1) is 6.54 Å². The van der Waals surface area contributed by atoms with Gasteiger partial charge in [0.15, 0.2) is 5.78 Å². The third-order valence-electron chi connectivity index (χ3n) is 4.45. The van der Waals surface area contributed by atoms with E-state index in [4.69, 9.17) is 0 Å². The van der Waals surface area contributed by atoms with Crippen LogP contribution in [0.4, 0.5) is 0 Å². The molecule has 0 aliphatic carbocycles. The molecule has 1 heterocycles. The number of Topliss-reactive ketones (excluding diaryl/α,β-unsaturated/α-hetero) is 1. The largest absolute Gasteiger partial charge is 0.296 e. The van der Waals surface area contributed by atoms with Gasteiger partial charge in [-0.15, -0.1) is 0 Å². The lowest BCUT2D eigenvalue weighted by atomic mass is 9.95. The number of rotatable bonds is 4. The first-order valence-electron chi connectivity index (χ1n) is 7.30. The molecular weight excluding hydrogens is 234 g/mol. The number of aryl methyl sites for hydroxylation is 2. The normalized spacial score (nSPS) is 20.2. The Hall–Kier alpha value is -1.15. The maximum absolute atomic E-state index is 12.3. The van der Waals surface area contributed by atoms with E-state index in [9.17, 15) is 4.79 Å². The molecule has 1 unspecified atom stereocenters. The van der Waals surface area contributed by atoms with Gasteiger partial charge in [0.25, 0.3) is 0 Å². The molecule has 0 N–H and O–H groups in total. The predicted molar refractivity (Wildman–Crippen MR) is 79.6 cm³/mol. The van der Waals surface area contributed by atoms with E-state index >= 15 is 0 Å². The summed E-state index contributed by atoms with van der Waals surface area (Å²) in [5.41, 5.74) is 3.31. The second-order valence-electron chi connectivity index (χ2n) is 6.25. The van der Waals surface area contributed by atoms with Crippen LogP contribution >= 0.6 is 0 Å². The molecule has 1 atom stereocenters. The maximum atomic E-state index is 12.3. The van der Waals surface area contributed by atoms with E-state index in [1.165, 1.54) is 17.5 Å². The molecule has 1 fully saturated rings. The second kappa shape index (κ2) is 5.87. The molecular formula is C17H25NO. The molecule has 0 amide bonds. The first-order valence-corrected chi connectivity index (χ1v) is 7.30. The van der Waals surface area contributed by atoms with Crippen molar-refractivity contribution in [1.29, 1.82) is 0 Å². The summed E-state index contributed by atoms with van der Waals surface area (Å²) in [6, 6.07) is 6.03. The Morgan fingerprint density at radius 3 is 2.63 bits per heavy atom. The maximum Gasteiger partial charge on any atom is 0.176 e. The number of likely N-dealkylation sites (tertiary alicyclic amines) is 1. The Bertz CT molecular complexity index is 464. The number of carbonyl (C=O) groups excluding carboxylic acids is 1. The Morgan fingerprint density at radius 2 is 2.05 bits per heavy atom. The minimum absolute atomic E-state index is 0.257. The number of nitrogens with zero attached hydrogens (tertiary/aromatic N) is 1. The van der Waals surface area contributed by atoms with Crippen LogP contribution in [-0.4, -0.2) is 30.3 Å². The number of hydrogen-bond donors (Lipinski definition) is 0. The van der Waals surface area contributed by atoms with Crippen molar-refractivity contribution in [2.75, 3.05) is 19.6 Å². The lowest BCUT2D eigenvalue weighted by Gasteiger charge is -2.17. The van der Waals surface area contributed by atoms with Gasteiger partial charge >= 0.3 is 0 Å². The van der Waals surface area contributed by atoms with Gasteiger partial charge in [-0.05, 0) is 55.8 Å². The van der Waals surface area contributed by atoms with Crippen molar-refractivity contribution in [3.8, 4) is 0 Å². The van der Waals surface area contributed by atoms with E-state index < -0.39 is 0 Å². The molecule has 0 saturated carbocycles. The molecule has 1 saturated heterocycles. The van der Waals surface area contributed by atoms with Gasteiger partial charge in [-0.3, -0.25) is 9.69 Å². The molecule has 1 aromatic carbocycles. The summed E-state index contributed by atoms with van der Waals surface area (Å²) in [6.45, 7) is 11.4. The van der Waals surface area contributed by atoms with Crippen molar-refractivity contribution in [2.45, 2.75) is 34.1 Å². The summed E-state index contributed by atoms with van der Waals surface area (Å²) in [5.74, 6) is 1.74. The summed E-state index contributed by atoms with van der Waals surface area (Å²) in [4.78, 5) is 14.6. The molecule has 0 spiro atoms. The standard InChI is InChI=1S/C17H25NO/c1-12(2)16-7-8-18(10-16)11-17(19)15-6-5-13(3)14(4)9-15/h5-6,9,12,16H,7-8,10-11H2,1-4H3. The number of hydrogen-bond acceptors (Lipinski definition) is 2. The molecule has 104 valence electrons. The van der Waals surface area contributed by atoms with Gasteiger partial charge in [-0.2, -0.15) is 0 Å². The third kappa shape index (κ3) is 3.44. The highest BCUT2D eigenvalue weighted by Crippen LogP contribution is 2.23. The fourth-order valence-corrected chi connectivity index (χ4v) is 2.76. The molecule has 0 bridgehead atoms. The fraction of sp³-hybridized carbons (Fsp3) is 0.588. The van der Waals surface area contributed by atoms with E-state index in [1.54, 1.807) is 0 Å². The Kier molecular flexibility index (Phi) is 4.41. The smallest absolute Gasteiger partial charge is 0.176 e. The average molecular weight is 259 g/mol. The zero-order valence-electron chi connectivity index (χ0n) is 12.6. The molecule has 1 aliphatic rings. The molecule has 2 heteroatoms. The van der Waals surface area contributed by atoms with Gasteiger partial charge in [-0.1, -0.05) is 26.0 Å². The van der Waals surface area contributed by atoms with E-state index in [0.29, 0.717) is 6.54 Å². The van der Waals surface area contributed by atoms with E-state index in [0.717, 1.165) is 30.5 Å². The second-order valence-corrected chi connectivity index (χ2v) is 6.25. The number of benzene rings is 1. The van der Waals surface area contributed by atoms with Crippen LogP contribution in [0, 0.1) is 25.7 Å². The van der Waals surface area contributed by atoms with E-state index in [-0.39, 0.29) is 5.78 Å². The van der Waals surface area contributed by atoms with Crippen molar-refractivity contribution in [3.05, 3.63) is 34.9 Å². The van der Waals surface area contributed by atoms with Crippen LogP contribution < -0.4 is 0 Å². The lowest BCUT2D eigenvalue weighted by Crippen LogP contribution is -2.28. The molecule has 1 aliphatic heterocycles. The quantitative estimate of drug-likeness (QED) is 0.772.